The van der Waals surface area contributed by atoms with Gasteiger partial charge in [0, 0.05) is 25.2 Å². The summed E-state index contributed by atoms with van der Waals surface area (Å²) in [6.07, 6.45) is 1.34. The van der Waals surface area contributed by atoms with Gasteiger partial charge >= 0.3 is 0 Å². The Morgan fingerprint density at radius 1 is 1.07 bits per heavy atom. The van der Waals surface area contributed by atoms with Crippen LogP contribution < -0.4 is 14.2 Å². The average molecular weight is 435 g/mol. The summed E-state index contributed by atoms with van der Waals surface area (Å²) in [6, 6.07) is 11.5. The van der Waals surface area contributed by atoms with E-state index < -0.39 is 10.0 Å². The maximum Gasteiger partial charge on any atom is 0.253 e. The van der Waals surface area contributed by atoms with Gasteiger partial charge in [0.25, 0.3) is 5.91 Å². The average Bonchev–Trinajstić information content (AvgIpc) is 2.76. The number of carbonyl (C=O) groups is 1. The Labute approximate surface area is 179 Å². The molecule has 0 fully saturated rings. The van der Waals surface area contributed by atoms with Crippen molar-refractivity contribution in [3.63, 3.8) is 0 Å². The number of rotatable bonds is 10. The van der Waals surface area contributed by atoms with Crippen molar-refractivity contribution in [2.45, 2.75) is 37.6 Å². The second kappa shape index (κ2) is 10.4. The molecular formula is C22H30N2O5S. The molecule has 2 aromatic carbocycles. The number of benzene rings is 2. The van der Waals surface area contributed by atoms with Crippen molar-refractivity contribution in [1.29, 1.82) is 0 Å². The molecule has 0 radical (unpaired) electrons. The summed E-state index contributed by atoms with van der Waals surface area (Å²) in [7, 11) is 1.30. The van der Waals surface area contributed by atoms with Crippen molar-refractivity contribution in [3.8, 4) is 11.5 Å². The minimum Gasteiger partial charge on any atom is -0.493 e. The van der Waals surface area contributed by atoms with Gasteiger partial charge in [0.15, 0.2) is 11.5 Å². The van der Waals surface area contributed by atoms with E-state index in [2.05, 4.69) is 4.72 Å². The van der Waals surface area contributed by atoms with Crippen molar-refractivity contribution in [2.75, 3.05) is 27.8 Å². The third-order valence-electron chi connectivity index (χ3n) is 4.91. The predicted molar refractivity (Wildman–Crippen MR) is 117 cm³/mol. The van der Waals surface area contributed by atoms with E-state index in [9.17, 15) is 13.2 Å². The van der Waals surface area contributed by atoms with Crippen LogP contribution in [0.3, 0.4) is 0 Å². The maximum atomic E-state index is 12.7. The van der Waals surface area contributed by atoms with Gasteiger partial charge in [-0.1, -0.05) is 13.0 Å². The molecule has 164 valence electrons. The van der Waals surface area contributed by atoms with Gasteiger partial charge in [-0.3, -0.25) is 4.79 Å². The fourth-order valence-electron chi connectivity index (χ4n) is 2.85. The second-order valence-electron chi connectivity index (χ2n) is 7.12. The summed E-state index contributed by atoms with van der Waals surface area (Å²) in [4.78, 5) is 14.4. The highest BCUT2D eigenvalue weighted by Gasteiger charge is 2.18. The molecule has 1 amide bonds. The zero-order valence-electron chi connectivity index (χ0n) is 18.1. The fourth-order valence-corrected chi connectivity index (χ4v) is 4.17. The number of ether oxygens (including phenoxy) is 2. The SMILES string of the molecule is CCC(C)NS(=O)(=O)c1ccc(C(=O)N(C)CCc2ccc(OC)c(OC)c2)cc1. The molecule has 0 aliphatic carbocycles. The van der Waals surface area contributed by atoms with Crippen LogP contribution in [0.15, 0.2) is 47.4 Å². The molecule has 0 aliphatic heterocycles. The largest absolute Gasteiger partial charge is 0.493 e. The minimum absolute atomic E-state index is 0.146. The van der Waals surface area contributed by atoms with Gasteiger partial charge in [-0.25, -0.2) is 13.1 Å². The minimum atomic E-state index is -3.59. The molecule has 0 bridgehead atoms. The predicted octanol–water partition coefficient (Wildman–Crippen LogP) is 3.10. The molecule has 7 nitrogen and oxygen atoms in total. The molecule has 0 aromatic heterocycles. The van der Waals surface area contributed by atoms with Crippen LogP contribution >= 0.6 is 0 Å². The van der Waals surface area contributed by atoms with Gasteiger partial charge in [0.1, 0.15) is 0 Å². The lowest BCUT2D eigenvalue weighted by Gasteiger charge is -2.18. The third kappa shape index (κ3) is 5.96. The highest BCUT2D eigenvalue weighted by atomic mass is 32.2. The van der Waals surface area contributed by atoms with E-state index >= 15 is 0 Å². The number of methoxy groups -OCH3 is 2. The van der Waals surface area contributed by atoms with Crippen molar-refractivity contribution in [1.82, 2.24) is 9.62 Å². The van der Waals surface area contributed by atoms with E-state index in [0.29, 0.717) is 36.4 Å². The Morgan fingerprint density at radius 2 is 1.70 bits per heavy atom. The molecular weight excluding hydrogens is 404 g/mol. The highest BCUT2D eigenvalue weighted by molar-refractivity contribution is 7.89. The molecule has 1 unspecified atom stereocenters. The van der Waals surface area contributed by atoms with Gasteiger partial charge in [0.2, 0.25) is 10.0 Å². The van der Waals surface area contributed by atoms with Gasteiger partial charge in [-0.05, 0) is 61.7 Å². The standard InChI is InChI=1S/C22H30N2O5S/c1-6-16(2)23-30(26,27)19-10-8-18(9-11-19)22(25)24(3)14-13-17-7-12-20(28-4)21(15-17)29-5/h7-12,15-16,23H,6,13-14H2,1-5H3. The Balaban J connectivity index is 2.02. The number of nitrogens with one attached hydrogen (secondary N) is 1. The summed E-state index contributed by atoms with van der Waals surface area (Å²) in [5.74, 6) is 1.13. The summed E-state index contributed by atoms with van der Waals surface area (Å²) in [5, 5.41) is 0. The van der Waals surface area contributed by atoms with Gasteiger partial charge in [0.05, 0.1) is 19.1 Å². The zero-order valence-corrected chi connectivity index (χ0v) is 19.0. The molecule has 30 heavy (non-hydrogen) atoms. The summed E-state index contributed by atoms with van der Waals surface area (Å²) >= 11 is 0. The normalized spacial score (nSPS) is 12.3. The molecule has 0 heterocycles. The number of likely N-dealkylation sites (N-methyl/N-ethyl adjacent to an activating group) is 1. The Kier molecular flexibility index (Phi) is 8.25. The van der Waals surface area contributed by atoms with Crippen molar-refractivity contribution in [2.24, 2.45) is 0 Å². The van der Waals surface area contributed by atoms with E-state index in [0.717, 1.165) is 5.56 Å². The topological polar surface area (TPSA) is 84.9 Å². The van der Waals surface area contributed by atoms with E-state index in [4.69, 9.17) is 9.47 Å². The fraction of sp³-hybridized carbons (Fsp3) is 0.409. The number of sulfonamides is 1. The maximum absolute atomic E-state index is 12.7. The molecule has 0 spiro atoms. The first kappa shape index (κ1) is 23.7. The van der Waals surface area contributed by atoms with Crippen LogP contribution in [0.5, 0.6) is 11.5 Å². The number of nitrogens with zero attached hydrogens (tertiary/aromatic N) is 1. The quantitative estimate of drug-likeness (QED) is 0.621. The molecule has 1 atom stereocenters. The number of amides is 1. The Bertz CT molecular complexity index is 958. The van der Waals surface area contributed by atoms with Crippen LogP contribution in [0.1, 0.15) is 36.2 Å². The van der Waals surface area contributed by atoms with Crippen LogP contribution in [0.2, 0.25) is 0 Å². The zero-order chi connectivity index (χ0) is 22.3. The van der Waals surface area contributed by atoms with Crippen LogP contribution in [-0.2, 0) is 16.4 Å². The third-order valence-corrected chi connectivity index (χ3v) is 6.52. The lowest BCUT2D eigenvalue weighted by atomic mass is 10.1. The Morgan fingerprint density at radius 3 is 2.27 bits per heavy atom. The van der Waals surface area contributed by atoms with Crippen LogP contribution in [0, 0.1) is 0 Å². The van der Waals surface area contributed by atoms with Crippen molar-refractivity contribution in [3.05, 3.63) is 53.6 Å². The van der Waals surface area contributed by atoms with Crippen molar-refractivity contribution >= 4 is 15.9 Å². The lowest BCUT2D eigenvalue weighted by molar-refractivity contribution is 0.0796. The molecule has 1 N–H and O–H groups in total. The second-order valence-corrected chi connectivity index (χ2v) is 8.83. The molecule has 2 rings (SSSR count). The van der Waals surface area contributed by atoms with Crippen LogP contribution in [-0.4, -0.2) is 53.1 Å². The van der Waals surface area contributed by atoms with Crippen molar-refractivity contribution < 1.29 is 22.7 Å². The van der Waals surface area contributed by atoms with E-state index in [1.807, 2.05) is 32.0 Å². The summed E-state index contributed by atoms with van der Waals surface area (Å²) in [6.45, 7) is 4.22. The van der Waals surface area contributed by atoms with E-state index in [1.54, 1.807) is 38.3 Å². The monoisotopic (exact) mass is 434 g/mol. The smallest absolute Gasteiger partial charge is 0.253 e. The van der Waals surface area contributed by atoms with Crippen LogP contribution in [0.25, 0.3) is 0 Å². The molecule has 8 heteroatoms. The summed E-state index contributed by atoms with van der Waals surface area (Å²) < 4.78 is 37.9. The number of hydrogen-bond acceptors (Lipinski definition) is 5. The number of hydrogen-bond donors (Lipinski definition) is 1. The van der Waals surface area contributed by atoms with E-state index in [-0.39, 0.29) is 16.8 Å². The first-order valence-electron chi connectivity index (χ1n) is 9.80. The first-order valence-corrected chi connectivity index (χ1v) is 11.3. The van der Waals surface area contributed by atoms with Crippen LogP contribution in [0.4, 0.5) is 0 Å². The first-order chi connectivity index (χ1) is 14.2. The molecule has 2 aromatic rings. The van der Waals surface area contributed by atoms with Gasteiger partial charge in [-0.2, -0.15) is 0 Å². The molecule has 0 saturated heterocycles. The lowest BCUT2D eigenvalue weighted by Crippen LogP contribution is -2.32. The van der Waals surface area contributed by atoms with E-state index in [1.165, 1.54) is 12.1 Å². The number of carbonyl (C=O) groups excluding carboxylic acids is 1. The summed E-state index contributed by atoms with van der Waals surface area (Å²) in [5.41, 5.74) is 1.46. The molecule has 0 saturated carbocycles. The van der Waals surface area contributed by atoms with Gasteiger partial charge in [-0.15, -0.1) is 0 Å². The molecule has 0 aliphatic rings. The highest BCUT2D eigenvalue weighted by Crippen LogP contribution is 2.27. The van der Waals surface area contributed by atoms with Gasteiger partial charge < -0.3 is 14.4 Å². The Hall–Kier alpha value is -2.58.